The van der Waals surface area contributed by atoms with Crippen molar-refractivity contribution in [1.29, 1.82) is 0 Å². The SMILES string of the molecule is COCCNC(=O)C[C@H]1O[C@H](CNC(=O)c2cccc(F)c2)[C@@H](O)[C@H]1O. The van der Waals surface area contributed by atoms with Crippen molar-refractivity contribution in [3.63, 3.8) is 0 Å². The van der Waals surface area contributed by atoms with Gasteiger partial charge in [-0.05, 0) is 18.2 Å². The number of rotatable bonds is 8. The van der Waals surface area contributed by atoms with Gasteiger partial charge in [-0.2, -0.15) is 0 Å². The van der Waals surface area contributed by atoms with E-state index >= 15 is 0 Å². The van der Waals surface area contributed by atoms with Gasteiger partial charge in [-0.25, -0.2) is 4.39 Å². The predicted molar refractivity (Wildman–Crippen MR) is 88.9 cm³/mol. The lowest BCUT2D eigenvalue weighted by atomic mass is 10.1. The monoisotopic (exact) mass is 370 g/mol. The van der Waals surface area contributed by atoms with Crippen molar-refractivity contribution in [2.24, 2.45) is 0 Å². The summed E-state index contributed by atoms with van der Waals surface area (Å²) in [6.45, 7) is 0.598. The van der Waals surface area contributed by atoms with E-state index in [9.17, 15) is 24.2 Å². The minimum Gasteiger partial charge on any atom is -0.388 e. The zero-order valence-corrected chi connectivity index (χ0v) is 14.4. The predicted octanol–water partition coefficient (Wildman–Crippen LogP) is -0.803. The molecule has 4 N–H and O–H groups in total. The molecule has 1 aliphatic heterocycles. The second kappa shape index (κ2) is 9.58. The molecule has 1 saturated heterocycles. The summed E-state index contributed by atoms with van der Waals surface area (Å²) in [5, 5.41) is 25.2. The third-order valence-corrected chi connectivity index (χ3v) is 4.03. The molecule has 0 bridgehead atoms. The molecule has 1 heterocycles. The van der Waals surface area contributed by atoms with Gasteiger partial charge in [-0.1, -0.05) is 6.07 Å². The summed E-state index contributed by atoms with van der Waals surface area (Å²) in [5.74, 6) is -1.41. The van der Waals surface area contributed by atoms with Crippen molar-refractivity contribution in [3.8, 4) is 0 Å². The van der Waals surface area contributed by atoms with E-state index in [1.54, 1.807) is 0 Å². The Morgan fingerprint density at radius 2 is 1.96 bits per heavy atom. The van der Waals surface area contributed by atoms with E-state index in [4.69, 9.17) is 9.47 Å². The highest BCUT2D eigenvalue weighted by Crippen LogP contribution is 2.23. The quantitative estimate of drug-likeness (QED) is 0.445. The number of benzene rings is 1. The molecule has 2 rings (SSSR count). The van der Waals surface area contributed by atoms with E-state index in [-0.39, 0.29) is 24.4 Å². The molecule has 8 nitrogen and oxygen atoms in total. The number of hydrogen-bond donors (Lipinski definition) is 4. The van der Waals surface area contributed by atoms with Crippen molar-refractivity contribution in [2.45, 2.75) is 30.8 Å². The van der Waals surface area contributed by atoms with Crippen LogP contribution in [0.5, 0.6) is 0 Å². The normalized spacial score (nSPS) is 25.1. The minimum absolute atomic E-state index is 0.0879. The van der Waals surface area contributed by atoms with Crippen LogP contribution < -0.4 is 10.6 Å². The molecule has 0 radical (unpaired) electrons. The van der Waals surface area contributed by atoms with Crippen LogP contribution in [0, 0.1) is 5.82 Å². The summed E-state index contributed by atoms with van der Waals surface area (Å²) in [5.41, 5.74) is 0.132. The van der Waals surface area contributed by atoms with Crippen LogP contribution in [0.15, 0.2) is 24.3 Å². The molecule has 4 atom stereocenters. The zero-order valence-electron chi connectivity index (χ0n) is 14.4. The van der Waals surface area contributed by atoms with Crippen molar-refractivity contribution in [2.75, 3.05) is 26.8 Å². The first kappa shape index (κ1) is 20.2. The molecule has 0 spiro atoms. The average molecular weight is 370 g/mol. The van der Waals surface area contributed by atoms with Crippen LogP contribution in [0.25, 0.3) is 0 Å². The number of hydrogen-bond acceptors (Lipinski definition) is 6. The lowest BCUT2D eigenvalue weighted by molar-refractivity contribution is -0.125. The van der Waals surface area contributed by atoms with Crippen LogP contribution in [-0.4, -0.2) is 73.2 Å². The fraction of sp³-hybridized carbons (Fsp3) is 0.529. The van der Waals surface area contributed by atoms with Gasteiger partial charge in [0.25, 0.3) is 5.91 Å². The largest absolute Gasteiger partial charge is 0.388 e. The van der Waals surface area contributed by atoms with E-state index in [0.29, 0.717) is 13.2 Å². The topological polar surface area (TPSA) is 117 Å². The zero-order chi connectivity index (χ0) is 19.1. The number of methoxy groups -OCH3 is 1. The third-order valence-electron chi connectivity index (χ3n) is 4.03. The Hall–Kier alpha value is -2.07. The number of ether oxygens (including phenoxy) is 2. The Bertz CT molecular complexity index is 629. The van der Waals surface area contributed by atoms with Crippen LogP contribution in [0.3, 0.4) is 0 Å². The average Bonchev–Trinajstić information content (AvgIpc) is 2.88. The maximum atomic E-state index is 13.1. The molecule has 0 saturated carbocycles. The first-order valence-electron chi connectivity index (χ1n) is 8.23. The standard InChI is InChI=1S/C17H23FN2O6/c1-25-6-5-19-14(21)8-12-15(22)16(23)13(26-12)9-20-17(24)10-3-2-4-11(18)7-10/h2-4,7,12-13,15-16,22-23H,5-6,8-9H2,1H3,(H,19,21)(H,20,24)/t12-,13-,15+,16-/m1/s1. The van der Waals surface area contributed by atoms with Gasteiger partial charge in [0.2, 0.25) is 5.91 Å². The molecule has 0 unspecified atom stereocenters. The first-order chi connectivity index (χ1) is 12.4. The number of nitrogens with one attached hydrogen (secondary N) is 2. The van der Waals surface area contributed by atoms with Gasteiger partial charge >= 0.3 is 0 Å². The lowest BCUT2D eigenvalue weighted by Crippen LogP contribution is -2.40. The second-order valence-electron chi connectivity index (χ2n) is 5.96. The van der Waals surface area contributed by atoms with Crippen molar-refractivity contribution in [3.05, 3.63) is 35.6 Å². The van der Waals surface area contributed by atoms with E-state index in [1.165, 1.54) is 25.3 Å². The Kier molecular flexibility index (Phi) is 7.46. The van der Waals surface area contributed by atoms with Gasteiger partial charge in [0.1, 0.15) is 24.1 Å². The highest BCUT2D eigenvalue weighted by atomic mass is 19.1. The molecule has 1 aliphatic rings. The molecule has 1 aromatic carbocycles. The smallest absolute Gasteiger partial charge is 0.251 e. The van der Waals surface area contributed by atoms with Crippen LogP contribution in [0.2, 0.25) is 0 Å². The molecule has 1 fully saturated rings. The summed E-state index contributed by atoms with van der Waals surface area (Å²) in [6.07, 6.45) is -4.39. The molecule has 2 amide bonds. The molecular formula is C17H23FN2O6. The summed E-state index contributed by atoms with van der Waals surface area (Å²) >= 11 is 0. The van der Waals surface area contributed by atoms with Crippen molar-refractivity contribution < 1.29 is 33.7 Å². The maximum absolute atomic E-state index is 13.1. The number of carbonyl (C=O) groups excluding carboxylic acids is 2. The third kappa shape index (κ3) is 5.46. The lowest BCUT2D eigenvalue weighted by Gasteiger charge is -2.15. The van der Waals surface area contributed by atoms with Crippen molar-refractivity contribution >= 4 is 11.8 Å². The van der Waals surface area contributed by atoms with E-state index in [1.807, 2.05) is 0 Å². The van der Waals surface area contributed by atoms with Gasteiger partial charge in [-0.15, -0.1) is 0 Å². The number of amides is 2. The van der Waals surface area contributed by atoms with Crippen LogP contribution in [-0.2, 0) is 14.3 Å². The maximum Gasteiger partial charge on any atom is 0.251 e. The Balaban J connectivity index is 1.83. The molecule has 0 aromatic heterocycles. The van der Waals surface area contributed by atoms with Gasteiger partial charge in [0.05, 0.1) is 19.1 Å². The first-order valence-corrected chi connectivity index (χ1v) is 8.23. The van der Waals surface area contributed by atoms with Crippen LogP contribution in [0.1, 0.15) is 16.8 Å². The Labute approximate surface area is 150 Å². The summed E-state index contributed by atoms with van der Waals surface area (Å²) in [6, 6.07) is 5.17. The molecular weight excluding hydrogens is 347 g/mol. The van der Waals surface area contributed by atoms with Crippen molar-refractivity contribution in [1.82, 2.24) is 10.6 Å². The Morgan fingerprint density at radius 1 is 1.23 bits per heavy atom. The molecule has 144 valence electrons. The summed E-state index contributed by atoms with van der Waals surface area (Å²) in [7, 11) is 1.51. The number of aliphatic hydroxyl groups is 2. The summed E-state index contributed by atoms with van der Waals surface area (Å²) in [4.78, 5) is 23.8. The van der Waals surface area contributed by atoms with Gasteiger partial charge in [-0.3, -0.25) is 9.59 Å². The molecule has 0 aliphatic carbocycles. The van der Waals surface area contributed by atoms with E-state index in [2.05, 4.69) is 10.6 Å². The van der Waals surface area contributed by atoms with Crippen LogP contribution in [0.4, 0.5) is 4.39 Å². The number of halogens is 1. The number of aliphatic hydroxyl groups excluding tert-OH is 2. The highest BCUT2D eigenvalue weighted by molar-refractivity contribution is 5.94. The highest BCUT2D eigenvalue weighted by Gasteiger charge is 2.43. The van der Waals surface area contributed by atoms with E-state index < -0.39 is 36.1 Å². The van der Waals surface area contributed by atoms with Crippen LogP contribution >= 0.6 is 0 Å². The fourth-order valence-corrected chi connectivity index (χ4v) is 2.64. The fourth-order valence-electron chi connectivity index (χ4n) is 2.64. The van der Waals surface area contributed by atoms with Gasteiger partial charge in [0.15, 0.2) is 0 Å². The molecule has 1 aromatic rings. The molecule has 9 heteroatoms. The second-order valence-corrected chi connectivity index (χ2v) is 5.96. The van der Waals surface area contributed by atoms with Gasteiger partial charge in [0, 0.05) is 25.8 Å². The molecule has 26 heavy (non-hydrogen) atoms. The minimum atomic E-state index is -1.25. The summed E-state index contributed by atoms with van der Waals surface area (Å²) < 4.78 is 23.5. The van der Waals surface area contributed by atoms with Gasteiger partial charge < -0.3 is 30.3 Å². The Morgan fingerprint density at radius 3 is 2.65 bits per heavy atom. The number of carbonyl (C=O) groups is 2. The van der Waals surface area contributed by atoms with E-state index in [0.717, 1.165) is 6.07 Å².